The molecule has 0 fully saturated rings. The Kier molecular flexibility index (Phi) is 6.21. The van der Waals surface area contributed by atoms with Gasteiger partial charge in [-0.05, 0) is 38.5 Å². The molecule has 2 aromatic heterocycles. The van der Waals surface area contributed by atoms with Gasteiger partial charge in [-0.25, -0.2) is 4.98 Å². The Bertz CT molecular complexity index is 886. The zero-order valence-electron chi connectivity index (χ0n) is 15.0. The Balaban J connectivity index is 0.00000210. The van der Waals surface area contributed by atoms with E-state index >= 15 is 0 Å². The summed E-state index contributed by atoms with van der Waals surface area (Å²) in [6.07, 6.45) is 0.878. The number of rotatable bonds is 6. The first kappa shape index (κ1) is 19.9. The highest BCUT2D eigenvalue weighted by Gasteiger charge is 2.23. The van der Waals surface area contributed by atoms with E-state index in [-0.39, 0.29) is 25.1 Å². The van der Waals surface area contributed by atoms with E-state index < -0.39 is 0 Å². The van der Waals surface area contributed by atoms with Crippen molar-refractivity contribution >= 4 is 43.9 Å². The molecule has 3 aromatic rings. The third-order valence-corrected chi connectivity index (χ3v) is 5.97. The van der Waals surface area contributed by atoms with Crippen molar-refractivity contribution in [2.45, 2.75) is 6.42 Å². The number of fused-ring (bicyclic) bond motifs is 2. The van der Waals surface area contributed by atoms with Crippen LogP contribution in [0, 0.1) is 0 Å². The summed E-state index contributed by atoms with van der Waals surface area (Å²) in [5.41, 5.74) is 0.825. The van der Waals surface area contributed by atoms with Crippen molar-refractivity contribution in [3.63, 3.8) is 0 Å². The third kappa shape index (κ3) is 4.19. The molecule has 0 aliphatic carbocycles. The molecule has 1 aliphatic rings. The normalized spacial score (nSPS) is 12.4. The van der Waals surface area contributed by atoms with Crippen LogP contribution in [-0.4, -0.2) is 49.8 Å². The minimum absolute atomic E-state index is 0. The number of benzene rings is 1. The van der Waals surface area contributed by atoms with E-state index in [0.717, 1.165) is 33.8 Å². The Labute approximate surface area is 171 Å². The molecule has 144 valence electrons. The summed E-state index contributed by atoms with van der Waals surface area (Å²) in [5, 5.41) is 2.63. The highest BCUT2D eigenvalue weighted by Crippen LogP contribution is 2.40. The summed E-state index contributed by atoms with van der Waals surface area (Å²) in [6, 6.07) is 7.57. The van der Waals surface area contributed by atoms with Crippen LogP contribution in [-0.2, 0) is 0 Å². The fourth-order valence-electron chi connectivity index (χ4n) is 2.78. The molecule has 6 nitrogen and oxygen atoms in total. The van der Waals surface area contributed by atoms with Gasteiger partial charge in [-0.3, -0.25) is 9.69 Å². The second kappa shape index (κ2) is 8.43. The summed E-state index contributed by atoms with van der Waals surface area (Å²) >= 11 is 2.96. The number of anilines is 1. The van der Waals surface area contributed by atoms with Crippen molar-refractivity contribution in [3.8, 4) is 11.5 Å². The quantitative estimate of drug-likeness (QED) is 0.582. The number of ether oxygens (including phenoxy) is 2. The van der Waals surface area contributed by atoms with E-state index in [1.807, 2.05) is 43.7 Å². The van der Waals surface area contributed by atoms with E-state index in [9.17, 15) is 4.79 Å². The molecule has 9 heteroatoms. The molecule has 1 aromatic carbocycles. The third-order valence-electron chi connectivity index (χ3n) is 4.07. The van der Waals surface area contributed by atoms with Gasteiger partial charge >= 0.3 is 0 Å². The average molecular weight is 425 g/mol. The number of hydrogen-bond acceptors (Lipinski definition) is 7. The molecular weight excluding hydrogens is 406 g/mol. The van der Waals surface area contributed by atoms with Crippen molar-refractivity contribution in [2.75, 3.05) is 38.9 Å². The number of thiophene rings is 1. The lowest BCUT2D eigenvalue weighted by Crippen LogP contribution is -3.00. The zero-order valence-corrected chi connectivity index (χ0v) is 17.4. The lowest BCUT2D eigenvalue weighted by Gasteiger charge is -2.20. The number of aromatic nitrogens is 1. The molecular formula is C18H19ClN3O3S2-. The maximum atomic E-state index is 13.0. The standard InChI is InChI=1S/C18H19N3O3S2.ClH/c1-20(2)6-4-7-21(17(22)15-5-3-8-25-15)18-19-12-9-13-14(24-11-23-13)10-16(12)26-18;/h3,5,8-10H,4,6-7,11H2,1-2H3;1H/p-1. The number of thiazole rings is 1. The van der Waals surface area contributed by atoms with Gasteiger partial charge in [0.25, 0.3) is 5.91 Å². The van der Waals surface area contributed by atoms with Gasteiger partial charge in [-0.15, -0.1) is 11.3 Å². The van der Waals surface area contributed by atoms with Crippen molar-refractivity contribution in [1.29, 1.82) is 0 Å². The second-order valence-corrected chi connectivity index (χ2v) is 8.22. The van der Waals surface area contributed by atoms with Crippen LogP contribution in [0.4, 0.5) is 5.13 Å². The first-order chi connectivity index (χ1) is 12.6. The predicted molar refractivity (Wildman–Crippen MR) is 105 cm³/mol. The van der Waals surface area contributed by atoms with Crippen LogP contribution in [0.2, 0.25) is 0 Å². The minimum atomic E-state index is -0.00199. The summed E-state index contributed by atoms with van der Waals surface area (Å²) in [5.74, 6) is 1.44. The van der Waals surface area contributed by atoms with Gasteiger partial charge in [0.15, 0.2) is 16.6 Å². The number of hydrogen-bond donors (Lipinski definition) is 0. The Morgan fingerprint density at radius 2 is 2.00 bits per heavy atom. The molecule has 4 rings (SSSR count). The van der Waals surface area contributed by atoms with Gasteiger partial charge in [-0.2, -0.15) is 0 Å². The average Bonchev–Trinajstić information content (AvgIpc) is 3.35. The van der Waals surface area contributed by atoms with Crippen LogP contribution in [0.15, 0.2) is 29.6 Å². The summed E-state index contributed by atoms with van der Waals surface area (Å²) in [4.78, 5) is 22.3. The van der Waals surface area contributed by atoms with E-state index in [1.54, 1.807) is 4.90 Å². The van der Waals surface area contributed by atoms with Crippen LogP contribution in [0.3, 0.4) is 0 Å². The summed E-state index contributed by atoms with van der Waals surface area (Å²) in [7, 11) is 4.06. The topological polar surface area (TPSA) is 54.9 Å². The molecule has 0 spiro atoms. The number of amides is 1. The summed E-state index contributed by atoms with van der Waals surface area (Å²) in [6.45, 7) is 1.78. The number of nitrogens with zero attached hydrogens (tertiary/aromatic N) is 3. The first-order valence-electron chi connectivity index (χ1n) is 8.32. The molecule has 0 N–H and O–H groups in total. The smallest absolute Gasteiger partial charge is 0.270 e. The highest BCUT2D eigenvalue weighted by molar-refractivity contribution is 7.22. The molecule has 0 bridgehead atoms. The number of carbonyl (C=O) groups excluding carboxylic acids is 1. The van der Waals surface area contributed by atoms with Gasteiger partial charge < -0.3 is 26.8 Å². The monoisotopic (exact) mass is 424 g/mol. The fraction of sp³-hybridized carbons (Fsp3) is 0.333. The predicted octanol–water partition coefficient (Wildman–Crippen LogP) is 0.689. The lowest BCUT2D eigenvalue weighted by atomic mass is 10.3. The van der Waals surface area contributed by atoms with Gasteiger partial charge in [-0.1, -0.05) is 17.4 Å². The molecule has 0 radical (unpaired) electrons. The van der Waals surface area contributed by atoms with Crippen molar-refractivity contribution in [3.05, 3.63) is 34.5 Å². The van der Waals surface area contributed by atoms with Crippen LogP contribution < -0.4 is 26.8 Å². The molecule has 0 saturated carbocycles. The SMILES string of the molecule is CN(C)CCCN(C(=O)c1cccs1)c1nc2cc3c(cc2s1)OCO3.[Cl-]. The second-order valence-electron chi connectivity index (χ2n) is 6.26. The highest BCUT2D eigenvalue weighted by atomic mass is 35.5. The first-order valence-corrected chi connectivity index (χ1v) is 10.0. The van der Waals surface area contributed by atoms with Crippen molar-refractivity contribution in [2.24, 2.45) is 0 Å². The Hall–Kier alpha value is -1.87. The molecule has 0 atom stereocenters. The van der Waals surface area contributed by atoms with Crippen molar-refractivity contribution < 1.29 is 26.7 Å². The fourth-order valence-corrected chi connectivity index (χ4v) is 4.46. The zero-order chi connectivity index (χ0) is 18.1. The largest absolute Gasteiger partial charge is 1.00 e. The van der Waals surface area contributed by atoms with Crippen molar-refractivity contribution in [1.82, 2.24) is 9.88 Å². The maximum absolute atomic E-state index is 13.0. The molecule has 27 heavy (non-hydrogen) atoms. The number of carbonyl (C=O) groups is 1. The van der Waals surface area contributed by atoms with E-state index in [0.29, 0.717) is 17.4 Å². The van der Waals surface area contributed by atoms with E-state index in [4.69, 9.17) is 14.5 Å². The van der Waals surface area contributed by atoms with E-state index in [2.05, 4.69) is 4.90 Å². The molecule has 0 saturated heterocycles. The van der Waals surface area contributed by atoms with Gasteiger partial charge in [0.2, 0.25) is 6.79 Å². The van der Waals surface area contributed by atoms with Crippen LogP contribution in [0.25, 0.3) is 10.2 Å². The Morgan fingerprint density at radius 1 is 1.22 bits per heavy atom. The molecule has 0 unspecified atom stereocenters. The van der Waals surface area contributed by atoms with Crippen LogP contribution in [0.1, 0.15) is 16.1 Å². The minimum Gasteiger partial charge on any atom is -1.00 e. The summed E-state index contributed by atoms with van der Waals surface area (Å²) < 4.78 is 11.9. The molecule has 3 heterocycles. The van der Waals surface area contributed by atoms with Crippen LogP contribution in [0.5, 0.6) is 11.5 Å². The Morgan fingerprint density at radius 3 is 2.70 bits per heavy atom. The lowest BCUT2D eigenvalue weighted by molar-refractivity contribution is -0.0000144. The van der Waals surface area contributed by atoms with Gasteiger partial charge in [0.05, 0.1) is 15.1 Å². The molecule has 1 aliphatic heterocycles. The van der Waals surface area contributed by atoms with Gasteiger partial charge in [0, 0.05) is 18.7 Å². The van der Waals surface area contributed by atoms with E-state index in [1.165, 1.54) is 22.7 Å². The van der Waals surface area contributed by atoms with Crippen LogP contribution >= 0.6 is 22.7 Å². The van der Waals surface area contributed by atoms with Gasteiger partial charge in [0.1, 0.15) is 0 Å². The molecule has 1 amide bonds. The maximum Gasteiger partial charge on any atom is 0.270 e. The number of halogens is 1.